The quantitative estimate of drug-likeness (QED) is 0.744. The third kappa shape index (κ3) is 3.20. The second-order valence-electron chi connectivity index (χ2n) is 4.99. The molecule has 0 saturated carbocycles. The summed E-state index contributed by atoms with van der Waals surface area (Å²) in [6.45, 7) is 1.84. The number of ether oxygens (including phenoxy) is 1. The molecule has 23 heavy (non-hydrogen) atoms. The molecule has 0 radical (unpaired) electrons. The fourth-order valence-electron chi connectivity index (χ4n) is 2.18. The number of amides is 1. The van der Waals surface area contributed by atoms with Crippen molar-refractivity contribution in [3.05, 3.63) is 48.2 Å². The molecule has 2 heterocycles. The smallest absolute Gasteiger partial charge is 0.228 e. The Kier molecular flexibility index (Phi) is 4.05. The molecule has 0 bridgehead atoms. The molecule has 8 nitrogen and oxygen atoms in total. The summed E-state index contributed by atoms with van der Waals surface area (Å²) in [5.74, 6) is 1.18. The van der Waals surface area contributed by atoms with E-state index in [0.717, 1.165) is 17.0 Å². The molecule has 118 valence electrons. The average molecular weight is 312 g/mol. The molecule has 0 saturated heterocycles. The molecular formula is C15H16N6O2. The fourth-order valence-corrected chi connectivity index (χ4v) is 2.18. The zero-order chi connectivity index (χ0) is 16.2. The van der Waals surface area contributed by atoms with Crippen LogP contribution in [0.1, 0.15) is 11.3 Å². The highest BCUT2D eigenvalue weighted by Gasteiger charge is 2.15. The van der Waals surface area contributed by atoms with E-state index in [2.05, 4.69) is 25.7 Å². The molecule has 3 aromatic rings. The van der Waals surface area contributed by atoms with Crippen LogP contribution in [0.2, 0.25) is 0 Å². The van der Waals surface area contributed by atoms with Crippen LogP contribution in [0.4, 0.5) is 5.69 Å². The molecule has 0 aliphatic carbocycles. The van der Waals surface area contributed by atoms with Gasteiger partial charge in [0.05, 0.1) is 19.2 Å². The van der Waals surface area contributed by atoms with Crippen molar-refractivity contribution in [3.63, 3.8) is 0 Å². The number of methoxy groups -OCH3 is 1. The summed E-state index contributed by atoms with van der Waals surface area (Å²) in [5, 5.41) is 17.4. The lowest BCUT2D eigenvalue weighted by molar-refractivity contribution is -0.115. The maximum Gasteiger partial charge on any atom is 0.228 e. The summed E-state index contributed by atoms with van der Waals surface area (Å²) in [5.41, 5.74) is 2.27. The number of H-pyrrole nitrogens is 1. The van der Waals surface area contributed by atoms with Crippen LogP contribution in [-0.4, -0.2) is 38.0 Å². The number of carbonyl (C=O) groups is 1. The number of hydrogen-bond acceptors (Lipinski definition) is 5. The first-order valence-corrected chi connectivity index (χ1v) is 7.00. The standard InChI is InChI=1S/C15H16N6O2/c1-10-14(15(20-19-10)21-8-16-17-9-21)18-13(22)7-11-3-5-12(23-2)6-4-11/h3-6,8-9H,7H2,1-2H3,(H,18,22)(H,19,20). The first kappa shape index (κ1) is 14.8. The number of nitrogens with one attached hydrogen (secondary N) is 2. The lowest BCUT2D eigenvalue weighted by atomic mass is 10.1. The maximum atomic E-state index is 12.3. The summed E-state index contributed by atoms with van der Waals surface area (Å²) in [7, 11) is 1.61. The van der Waals surface area contributed by atoms with Crippen LogP contribution in [0.15, 0.2) is 36.9 Å². The zero-order valence-corrected chi connectivity index (χ0v) is 12.8. The summed E-state index contributed by atoms with van der Waals surface area (Å²) in [6.07, 6.45) is 3.31. The van der Waals surface area contributed by atoms with E-state index in [0.29, 0.717) is 11.5 Å². The molecule has 0 aliphatic rings. The second kappa shape index (κ2) is 6.30. The molecular weight excluding hydrogens is 296 g/mol. The highest BCUT2D eigenvalue weighted by Crippen LogP contribution is 2.21. The predicted molar refractivity (Wildman–Crippen MR) is 83.6 cm³/mol. The number of benzene rings is 1. The van der Waals surface area contributed by atoms with Gasteiger partial charge in [0.1, 0.15) is 24.1 Å². The lowest BCUT2D eigenvalue weighted by Gasteiger charge is -2.07. The minimum Gasteiger partial charge on any atom is -0.497 e. The van der Waals surface area contributed by atoms with Crippen molar-refractivity contribution in [1.82, 2.24) is 25.0 Å². The van der Waals surface area contributed by atoms with Crippen molar-refractivity contribution in [3.8, 4) is 11.6 Å². The number of rotatable bonds is 5. The molecule has 0 fully saturated rings. The van der Waals surface area contributed by atoms with Gasteiger partial charge >= 0.3 is 0 Å². The molecule has 0 aliphatic heterocycles. The minimum atomic E-state index is -0.131. The first-order chi connectivity index (χ1) is 11.2. The molecule has 0 atom stereocenters. The fraction of sp³-hybridized carbons (Fsp3) is 0.200. The van der Waals surface area contributed by atoms with Crippen molar-refractivity contribution in [1.29, 1.82) is 0 Å². The van der Waals surface area contributed by atoms with Crippen LogP contribution >= 0.6 is 0 Å². The monoisotopic (exact) mass is 312 g/mol. The summed E-state index contributed by atoms with van der Waals surface area (Å²) in [6, 6.07) is 7.38. The van der Waals surface area contributed by atoms with Crippen molar-refractivity contribution in [2.45, 2.75) is 13.3 Å². The maximum absolute atomic E-state index is 12.3. The average Bonchev–Trinajstić information content (AvgIpc) is 3.19. The predicted octanol–water partition coefficient (Wildman–Crippen LogP) is 1.49. The van der Waals surface area contributed by atoms with E-state index in [9.17, 15) is 4.79 Å². The minimum absolute atomic E-state index is 0.131. The summed E-state index contributed by atoms with van der Waals surface area (Å²) in [4.78, 5) is 12.3. The lowest BCUT2D eigenvalue weighted by Crippen LogP contribution is -2.16. The summed E-state index contributed by atoms with van der Waals surface area (Å²) < 4.78 is 6.74. The van der Waals surface area contributed by atoms with Crippen LogP contribution in [0, 0.1) is 6.92 Å². The van der Waals surface area contributed by atoms with Gasteiger partial charge in [0, 0.05) is 0 Å². The first-order valence-electron chi connectivity index (χ1n) is 7.00. The molecule has 2 N–H and O–H groups in total. The number of aromatic amines is 1. The van der Waals surface area contributed by atoms with Gasteiger partial charge in [-0.05, 0) is 24.6 Å². The topological polar surface area (TPSA) is 97.7 Å². The number of carbonyl (C=O) groups excluding carboxylic acids is 1. The van der Waals surface area contributed by atoms with Gasteiger partial charge in [0.25, 0.3) is 0 Å². The van der Waals surface area contributed by atoms with E-state index < -0.39 is 0 Å². The Labute approximate surface area is 132 Å². The van der Waals surface area contributed by atoms with Gasteiger partial charge in [-0.15, -0.1) is 10.2 Å². The Hall–Kier alpha value is -3.16. The number of aromatic nitrogens is 5. The SMILES string of the molecule is COc1ccc(CC(=O)Nc2c(-n3cnnc3)n[nH]c2C)cc1. The third-order valence-electron chi connectivity index (χ3n) is 3.38. The number of anilines is 1. The van der Waals surface area contributed by atoms with Gasteiger partial charge in [0.15, 0.2) is 5.82 Å². The van der Waals surface area contributed by atoms with Gasteiger partial charge in [0.2, 0.25) is 5.91 Å². The largest absolute Gasteiger partial charge is 0.497 e. The second-order valence-corrected chi connectivity index (χ2v) is 4.99. The van der Waals surface area contributed by atoms with Crippen LogP contribution in [0.25, 0.3) is 5.82 Å². The van der Waals surface area contributed by atoms with E-state index in [-0.39, 0.29) is 12.3 Å². The van der Waals surface area contributed by atoms with Crippen molar-refractivity contribution < 1.29 is 9.53 Å². The number of hydrogen-bond donors (Lipinski definition) is 2. The van der Waals surface area contributed by atoms with E-state index in [1.54, 1.807) is 11.7 Å². The van der Waals surface area contributed by atoms with E-state index >= 15 is 0 Å². The zero-order valence-electron chi connectivity index (χ0n) is 12.8. The van der Waals surface area contributed by atoms with Crippen molar-refractivity contribution >= 4 is 11.6 Å². The highest BCUT2D eigenvalue weighted by atomic mass is 16.5. The third-order valence-corrected chi connectivity index (χ3v) is 3.38. The Morgan fingerprint density at radius 2 is 1.96 bits per heavy atom. The molecule has 3 rings (SSSR count). The Morgan fingerprint density at radius 3 is 2.61 bits per heavy atom. The Bertz CT molecular complexity index is 792. The molecule has 0 spiro atoms. The van der Waals surface area contributed by atoms with Gasteiger partial charge in [-0.25, -0.2) is 0 Å². The Morgan fingerprint density at radius 1 is 1.26 bits per heavy atom. The number of nitrogens with zero attached hydrogens (tertiary/aromatic N) is 4. The van der Waals surface area contributed by atoms with Crippen LogP contribution < -0.4 is 10.1 Å². The highest BCUT2D eigenvalue weighted by molar-refractivity contribution is 5.94. The van der Waals surface area contributed by atoms with Gasteiger partial charge in [-0.2, -0.15) is 5.10 Å². The van der Waals surface area contributed by atoms with Crippen LogP contribution in [0.5, 0.6) is 5.75 Å². The van der Waals surface area contributed by atoms with Crippen LogP contribution in [0.3, 0.4) is 0 Å². The van der Waals surface area contributed by atoms with Gasteiger partial charge in [-0.3, -0.25) is 14.5 Å². The van der Waals surface area contributed by atoms with Crippen molar-refractivity contribution in [2.75, 3.05) is 12.4 Å². The molecule has 1 aromatic carbocycles. The molecule has 0 unspecified atom stereocenters. The van der Waals surface area contributed by atoms with E-state index in [1.807, 2.05) is 31.2 Å². The van der Waals surface area contributed by atoms with E-state index in [4.69, 9.17) is 4.74 Å². The van der Waals surface area contributed by atoms with E-state index in [1.165, 1.54) is 12.7 Å². The molecule has 1 amide bonds. The summed E-state index contributed by atoms with van der Waals surface area (Å²) >= 11 is 0. The molecule has 8 heteroatoms. The Balaban J connectivity index is 1.74. The van der Waals surface area contributed by atoms with Crippen molar-refractivity contribution in [2.24, 2.45) is 0 Å². The molecule has 2 aromatic heterocycles. The van der Waals surface area contributed by atoms with Gasteiger partial charge < -0.3 is 10.1 Å². The van der Waals surface area contributed by atoms with Gasteiger partial charge in [-0.1, -0.05) is 12.1 Å². The normalized spacial score (nSPS) is 10.5. The van der Waals surface area contributed by atoms with Crippen LogP contribution in [-0.2, 0) is 11.2 Å². The number of aryl methyl sites for hydroxylation is 1.